The maximum atomic E-state index is 10.5. The number of aryl methyl sites for hydroxylation is 2. The SMILES string of the molecule is CCc1ccc(CC)c(C2(N=C=O)CC2)c1. The van der Waals surface area contributed by atoms with Crippen molar-refractivity contribution in [1.82, 2.24) is 0 Å². The van der Waals surface area contributed by atoms with Crippen molar-refractivity contribution in [3.63, 3.8) is 0 Å². The molecule has 0 bridgehead atoms. The number of isocyanates is 1. The Bertz CT molecular complexity index is 440. The third-order valence-corrected chi connectivity index (χ3v) is 3.45. The standard InChI is InChI=1S/C14H17NO/c1-3-11-5-6-12(4-2)13(9-11)14(7-8-14)15-10-16/h5-6,9H,3-4,7-8H2,1-2H3. The second-order valence-electron chi connectivity index (χ2n) is 4.43. The van der Waals surface area contributed by atoms with Crippen LogP contribution in [0.4, 0.5) is 0 Å². The molecule has 0 spiro atoms. The highest BCUT2D eigenvalue weighted by molar-refractivity contribution is 5.45. The van der Waals surface area contributed by atoms with Crippen LogP contribution < -0.4 is 0 Å². The largest absolute Gasteiger partial charge is 0.235 e. The lowest BCUT2D eigenvalue weighted by molar-refractivity contribution is 0.556. The molecule has 0 atom stereocenters. The highest BCUT2D eigenvalue weighted by Gasteiger charge is 2.45. The molecule has 2 rings (SSSR count). The zero-order valence-electron chi connectivity index (χ0n) is 9.92. The van der Waals surface area contributed by atoms with Crippen LogP contribution in [-0.2, 0) is 23.2 Å². The van der Waals surface area contributed by atoms with Gasteiger partial charge in [0.25, 0.3) is 0 Å². The number of benzene rings is 1. The Kier molecular flexibility index (Phi) is 2.93. The molecule has 0 unspecified atom stereocenters. The van der Waals surface area contributed by atoms with Crippen LogP contribution in [0.15, 0.2) is 23.2 Å². The molecule has 0 heterocycles. The van der Waals surface area contributed by atoms with Gasteiger partial charge in [-0.15, -0.1) is 0 Å². The fraction of sp³-hybridized carbons (Fsp3) is 0.500. The summed E-state index contributed by atoms with van der Waals surface area (Å²) in [5.74, 6) is 0. The minimum atomic E-state index is -0.224. The van der Waals surface area contributed by atoms with E-state index >= 15 is 0 Å². The summed E-state index contributed by atoms with van der Waals surface area (Å²) in [6.07, 6.45) is 5.73. The molecule has 1 saturated carbocycles. The van der Waals surface area contributed by atoms with E-state index in [0.717, 1.165) is 25.7 Å². The van der Waals surface area contributed by atoms with Crippen LogP contribution in [0.25, 0.3) is 0 Å². The maximum Gasteiger partial charge on any atom is 0.235 e. The van der Waals surface area contributed by atoms with Gasteiger partial charge in [-0.3, -0.25) is 0 Å². The molecule has 1 aromatic rings. The second kappa shape index (κ2) is 4.23. The molecule has 1 aliphatic rings. The van der Waals surface area contributed by atoms with Gasteiger partial charge in [-0.25, -0.2) is 4.79 Å². The van der Waals surface area contributed by atoms with Crippen molar-refractivity contribution in [2.45, 2.75) is 45.1 Å². The lowest BCUT2D eigenvalue weighted by Crippen LogP contribution is -2.07. The number of hydrogen-bond donors (Lipinski definition) is 0. The Morgan fingerprint density at radius 3 is 2.56 bits per heavy atom. The zero-order chi connectivity index (χ0) is 11.6. The summed E-state index contributed by atoms with van der Waals surface area (Å²) in [7, 11) is 0. The number of nitrogens with zero attached hydrogens (tertiary/aromatic N) is 1. The lowest BCUT2D eigenvalue weighted by atomic mass is 9.94. The van der Waals surface area contributed by atoms with Gasteiger partial charge in [0.1, 0.15) is 0 Å². The average molecular weight is 215 g/mol. The minimum absolute atomic E-state index is 0.224. The normalized spacial score (nSPS) is 16.6. The number of rotatable bonds is 4. The topological polar surface area (TPSA) is 29.4 Å². The van der Waals surface area contributed by atoms with Gasteiger partial charge in [0, 0.05) is 0 Å². The van der Waals surface area contributed by atoms with E-state index < -0.39 is 0 Å². The average Bonchev–Trinajstić information content (AvgIpc) is 3.09. The molecule has 1 aromatic carbocycles. The van der Waals surface area contributed by atoms with Gasteiger partial charge in [-0.1, -0.05) is 32.0 Å². The molecule has 2 heteroatoms. The highest BCUT2D eigenvalue weighted by atomic mass is 16.1. The van der Waals surface area contributed by atoms with Gasteiger partial charge in [-0.2, -0.15) is 4.99 Å². The van der Waals surface area contributed by atoms with Gasteiger partial charge in [0.05, 0.1) is 5.54 Å². The molecule has 0 radical (unpaired) electrons. The van der Waals surface area contributed by atoms with E-state index in [1.165, 1.54) is 16.7 Å². The molecule has 1 aliphatic carbocycles. The summed E-state index contributed by atoms with van der Waals surface area (Å²) < 4.78 is 0. The zero-order valence-corrected chi connectivity index (χ0v) is 9.92. The van der Waals surface area contributed by atoms with Crippen LogP contribution in [0.1, 0.15) is 43.4 Å². The number of carbonyl (C=O) groups excluding carboxylic acids is 1. The van der Waals surface area contributed by atoms with Crippen molar-refractivity contribution >= 4 is 6.08 Å². The molecular formula is C14H17NO. The maximum absolute atomic E-state index is 10.5. The summed E-state index contributed by atoms with van der Waals surface area (Å²) in [5.41, 5.74) is 3.66. The first kappa shape index (κ1) is 11.1. The molecule has 0 aliphatic heterocycles. The molecule has 2 nitrogen and oxygen atoms in total. The van der Waals surface area contributed by atoms with Crippen LogP contribution >= 0.6 is 0 Å². The number of hydrogen-bond acceptors (Lipinski definition) is 2. The Morgan fingerprint density at radius 2 is 2.06 bits per heavy atom. The van der Waals surface area contributed by atoms with Crippen molar-refractivity contribution in [1.29, 1.82) is 0 Å². The summed E-state index contributed by atoms with van der Waals surface area (Å²) in [5, 5.41) is 0. The van der Waals surface area contributed by atoms with E-state index in [1.54, 1.807) is 6.08 Å². The molecule has 0 saturated heterocycles. The first-order valence-electron chi connectivity index (χ1n) is 5.97. The van der Waals surface area contributed by atoms with Crippen LogP contribution in [0.3, 0.4) is 0 Å². The van der Waals surface area contributed by atoms with Crippen molar-refractivity contribution < 1.29 is 4.79 Å². The first-order valence-corrected chi connectivity index (χ1v) is 5.97. The smallest absolute Gasteiger partial charge is 0.211 e. The van der Waals surface area contributed by atoms with Gasteiger partial charge in [0.2, 0.25) is 6.08 Å². The van der Waals surface area contributed by atoms with Crippen molar-refractivity contribution in [2.24, 2.45) is 4.99 Å². The summed E-state index contributed by atoms with van der Waals surface area (Å²) in [6, 6.07) is 6.56. The summed E-state index contributed by atoms with van der Waals surface area (Å²) in [6.45, 7) is 4.29. The first-order chi connectivity index (χ1) is 7.75. The van der Waals surface area contributed by atoms with E-state index in [1.807, 2.05) is 0 Å². The Labute approximate surface area is 96.4 Å². The minimum Gasteiger partial charge on any atom is -0.211 e. The molecular weight excluding hydrogens is 198 g/mol. The second-order valence-corrected chi connectivity index (χ2v) is 4.43. The van der Waals surface area contributed by atoms with Gasteiger partial charge in [0.15, 0.2) is 0 Å². The van der Waals surface area contributed by atoms with Crippen molar-refractivity contribution in [3.05, 3.63) is 34.9 Å². The third kappa shape index (κ3) is 1.81. The quantitative estimate of drug-likeness (QED) is 0.560. The number of aliphatic imine (C=N–C) groups is 1. The molecule has 0 amide bonds. The van der Waals surface area contributed by atoms with Gasteiger partial charge < -0.3 is 0 Å². The van der Waals surface area contributed by atoms with Crippen LogP contribution in [0, 0.1) is 0 Å². The fourth-order valence-corrected chi connectivity index (χ4v) is 2.23. The van der Waals surface area contributed by atoms with Crippen molar-refractivity contribution in [3.8, 4) is 0 Å². The van der Waals surface area contributed by atoms with E-state index in [-0.39, 0.29) is 5.54 Å². The summed E-state index contributed by atoms with van der Waals surface area (Å²) in [4.78, 5) is 14.5. The molecule has 0 aromatic heterocycles. The summed E-state index contributed by atoms with van der Waals surface area (Å²) >= 11 is 0. The van der Waals surface area contributed by atoms with Crippen LogP contribution in [0.5, 0.6) is 0 Å². The fourth-order valence-electron chi connectivity index (χ4n) is 2.23. The predicted octanol–water partition coefficient (Wildman–Crippen LogP) is 3.14. The Morgan fingerprint density at radius 1 is 1.31 bits per heavy atom. The molecule has 0 N–H and O–H groups in total. The third-order valence-electron chi connectivity index (χ3n) is 3.45. The molecule has 1 fully saturated rings. The Balaban J connectivity index is 2.49. The van der Waals surface area contributed by atoms with Gasteiger partial charge >= 0.3 is 0 Å². The lowest BCUT2D eigenvalue weighted by Gasteiger charge is -2.14. The Hall–Kier alpha value is -1.40. The van der Waals surface area contributed by atoms with E-state index in [4.69, 9.17) is 0 Å². The van der Waals surface area contributed by atoms with Crippen LogP contribution in [-0.4, -0.2) is 6.08 Å². The molecule has 84 valence electrons. The molecule has 16 heavy (non-hydrogen) atoms. The van der Waals surface area contributed by atoms with Crippen LogP contribution in [0.2, 0.25) is 0 Å². The van der Waals surface area contributed by atoms with E-state index in [0.29, 0.717) is 0 Å². The predicted molar refractivity (Wildman–Crippen MR) is 64.2 cm³/mol. The van der Waals surface area contributed by atoms with E-state index in [9.17, 15) is 4.79 Å². The van der Waals surface area contributed by atoms with E-state index in [2.05, 4.69) is 37.0 Å². The van der Waals surface area contributed by atoms with Gasteiger partial charge in [-0.05, 0) is 42.4 Å². The highest BCUT2D eigenvalue weighted by Crippen LogP contribution is 2.50. The monoisotopic (exact) mass is 215 g/mol. The van der Waals surface area contributed by atoms with Crippen molar-refractivity contribution in [2.75, 3.05) is 0 Å².